The van der Waals surface area contributed by atoms with E-state index in [1.165, 1.54) is 6.92 Å². The molecule has 1 aliphatic heterocycles. The Hall–Kier alpha value is -1.84. The van der Waals surface area contributed by atoms with Crippen LogP contribution < -0.4 is 4.74 Å². The van der Waals surface area contributed by atoms with E-state index in [4.69, 9.17) is 9.47 Å². The van der Waals surface area contributed by atoms with Gasteiger partial charge in [-0.1, -0.05) is 0 Å². The Morgan fingerprint density at radius 2 is 2.40 bits per heavy atom. The molecule has 1 aromatic carbocycles. The van der Waals surface area contributed by atoms with Crippen LogP contribution in [-0.4, -0.2) is 18.9 Å². The number of carbonyl (C=O) groups excluding carboxylic acids is 2. The second-order valence-corrected chi connectivity index (χ2v) is 3.32. The fourth-order valence-corrected chi connectivity index (χ4v) is 1.58. The van der Waals surface area contributed by atoms with E-state index in [1.54, 1.807) is 18.2 Å². The molecule has 0 spiro atoms. The normalized spacial score (nSPS) is 17.8. The van der Waals surface area contributed by atoms with Gasteiger partial charge in [0.05, 0.1) is 0 Å². The zero-order valence-electron chi connectivity index (χ0n) is 8.23. The predicted octanol–water partition coefficient (Wildman–Crippen LogP) is 1.50. The van der Waals surface area contributed by atoms with Gasteiger partial charge in [0, 0.05) is 18.1 Å². The van der Waals surface area contributed by atoms with Gasteiger partial charge in [0.1, 0.15) is 18.6 Å². The monoisotopic (exact) mass is 206 g/mol. The molecule has 4 heteroatoms. The zero-order chi connectivity index (χ0) is 10.8. The van der Waals surface area contributed by atoms with Crippen molar-refractivity contribution in [2.24, 2.45) is 0 Å². The van der Waals surface area contributed by atoms with Crippen molar-refractivity contribution in [3.05, 3.63) is 29.3 Å². The van der Waals surface area contributed by atoms with E-state index in [0.717, 1.165) is 11.8 Å². The summed E-state index contributed by atoms with van der Waals surface area (Å²) < 4.78 is 10.4. The minimum Gasteiger partial charge on any atom is -0.489 e. The molecule has 1 aliphatic rings. The van der Waals surface area contributed by atoms with Gasteiger partial charge >= 0.3 is 5.97 Å². The summed E-state index contributed by atoms with van der Waals surface area (Å²) in [6, 6.07) is 5.06. The first kappa shape index (κ1) is 9.71. The van der Waals surface area contributed by atoms with Crippen LogP contribution in [0.2, 0.25) is 0 Å². The minimum atomic E-state index is -0.391. The number of esters is 1. The molecule has 0 saturated carbocycles. The Labute approximate surface area is 86.8 Å². The highest BCUT2D eigenvalue weighted by atomic mass is 16.6. The second-order valence-electron chi connectivity index (χ2n) is 3.32. The molecule has 0 aromatic heterocycles. The van der Waals surface area contributed by atoms with E-state index in [-0.39, 0.29) is 5.97 Å². The Morgan fingerprint density at radius 3 is 3.07 bits per heavy atom. The highest BCUT2D eigenvalue weighted by Crippen LogP contribution is 2.34. The lowest BCUT2D eigenvalue weighted by atomic mass is 10.1. The largest absolute Gasteiger partial charge is 0.489 e. The van der Waals surface area contributed by atoms with Crippen LogP contribution in [0.15, 0.2) is 18.2 Å². The molecule has 0 bridgehead atoms. The lowest BCUT2D eigenvalue weighted by molar-refractivity contribution is -0.147. The molecule has 0 amide bonds. The third-order valence-corrected chi connectivity index (χ3v) is 2.22. The van der Waals surface area contributed by atoms with Gasteiger partial charge in [-0.05, 0) is 18.2 Å². The van der Waals surface area contributed by atoms with Crippen molar-refractivity contribution in [2.75, 3.05) is 6.61 Å². The first-order valence-electron chi connectivity index (χ1n) is 4.60. The highest BCUT2D eigenvalue weighted by molar-refractivity contribution is 5.76. The van der Waals surface area contributed by atoms with Crippen molar-refractivity contribution in [2.45, 2.75) is 13.0 Å². The number of benzene rings is 1. The Bertz CT molecular complexity index is 411. The van der Waals surface area contributed by atoms with Crippen molar-refractivity contribution in [1.29, 1.82) is 0 Å². The van der Waals surface area contributed by atoms with Gasteiger partial charge in [0.25, 0.3) is 0 Å². The molecule has 1 atom stereocenters. The van der Waals surface area contributed by atoms with E-state index in [0.29, 0.717) is 17.9 Å². The van der Waals surface area contributed by atoms with Crippen LogP contribution in [0.3, 0.4) is 0 Å². The van der Waals surface area contributed by atoms with Gasteiger partial charge < -0.3 is 9.47 Å². The summed E-state index contributed by atoms with van der Waals surface area (Å²) in [7, 11) is 0. The number of aldehydes is 1. The summed E-state index contributed by atoms with van der Waals surface area (Å²) in [5.74, 6) is 0.319. The van der Waals surface area contributed by atoms with Gasteiger partial charge in [-0.3, -0.25) is 9.59 Å². The molecular weight excluding hydrogens is 196 g/mol. The van der Waals surface area contributed by atoms with E-state index in [9.17, 15) is 9.59 Å². The van der Waals surface area contributed by atoms with Crippen LogP contribution in [0.25, 0.3) is 0 Å². The molecule has 2 rings (SSSR count). The Kier molecular flexibility index (Phi) is 2.41. The smallest absolute Gasteiger partial charge is 0.303 e. The Morgan fingerprint density at radius 1 is 1.60 bits per heavy atom. The van der Waals surface area contributed by atoms with Crippen LogP contribution in [0.5, 0.6) is 5.75 Å². The first-order chi connectivity index (χ1) is 7.20. The van der Waals surface area contributed by atoms with Crippen LogP contribution in [0.4, 0.5) is 0 Å². The maximum absolute atomic E-state index is 10.8. The molecule has 78 valence electrons. The van der Waals surface area contributed by atoms with Gasteiger partial charge in [-0.2, -0.15) is 0 Å². The van der Waals surface area contributed by atoms with Crippen LogP contribution in [0, 0.1) is 0 Å². The van der Waals surface area contributed by atoms with Gasteiger partial charge in [-0.25, -0.2) is 0 Å². The van der Waals surface area contributed by atoms with Crippen LogP contribution >= 0.6 is 0 Å². The molecule has 4 nitrogen and oxygen atoms in total. The number of fused-ring (bicyclic) bond motifs is 1. The molecule has 1 aromatic rings. The number of rotatable bonds is 2. The quantitative estimate of drug-likeness (QED) is 0.543. The van der Waals surface area contributed by atoms with Crippen molar-refractivity contribution in [1.82, 2.24) is 0 Å². The molecule has 15 heavy (non-hydrogen) atoms. The molecule has 0 fully saturated rings. The molecule has 0 aliphatic carbocycles. The first-order valence-corrected chi connectivity index (χ1v) is 4.60. The standard InChI is InChI=1S/C11H10O4/c1-7(13)15-11-6-14-10-3-2-8(5-12)4-9(10)11/h2-5,11H,6H2,1H3. The van der Waals surface area contributed by atoms with Crippen molar-refractivity contribution >= 4 is 12.3 Å². The summed E-state index contributed by atoms with van der Waals surface area (Å²) in [6.07, 6.45) is 0.362. The molecule has 0 N–H and O–H groups in total. The van der Waals surface area contributed by atoms with Gasteiger partial charge in [-0.15, -0.1) is 0 Å². The third kappa shape index (κ3) is 1.83. The maximum atomic E-state index is 10.8. The lowest BCUT2D eigenvalue weighted by Gasteiger charge is -2.08. The summed E-state index contributed by atoms with van der Waals surface area (Å²) in [5, 5.41) is 0. The van der Waals surface area contributed by atoms with Crippen molar-refractivity contribution in [3.63, 3.8) is 0 Å². The number of hydrogen-bond donors (Lipinski definition) is 0. The number of carbonyl (C=O) groups is 2. The van der Waals surface area contributed by atoms with Crippen LogP contribution in [-0.2, 0) is 9.53 Å². The number of ether oxygens (including phenoxy) is 2. The lowest BCUT2D eigenvalue weighted by Crippen LogP contribution is -2.09. The fraction of sp³-hybridized carbons (Fsp3) is 0.273. The highest BCUT2D eigenvalue weighted by Gasteiger charge is 2.26. The predicted molar refractivity (Wildman–Crippen MR) is 51.8 cm³/mol. The van der Waals surface area contributed by atoms with E-state index >= 15 is 0 Å². The fourth-order valence-electron chi connectivity index (χ4n) is 1.58. The van der Waals surface area contributed by atoms with Crippen LogP contribution in [0.1, 0.15) is 28.9 Å². The van der Waals surface area contributed by atoms with E-state index < -0.39 is 6.10 Å². The van der Waals surface area contributed by atoms with E-state index in [2.05, 4.69) is 0 Å². The molecular formula is C11H10O4. The summed E-state index contributed by atoms with van der Waals surface area (Å²) >= 11 is 0. The third-order valence-electron chi connectivity index (χ3n) is 2.22. The molecule has 1 heterocycles. The van der Waals surface area contributed by atoms with E-state index in [1.807, 2.05) is 0 Å². The molecule has 0 radical (unpaired) electrons. The summed E-state index contributed by atoms with van der Waals surface area (Å²) in [5.41, 5.74) is 1.31. The van der Waals surface area contributed by atoms with Gasteiger partial charge in [0.15, 0.2) is 6.10 Å². The average Bonchev–Trinajstić information content (AvgIpc) is 2.60. The topological polar surface area (TPSA) is 52.6 Å². The molecule has 1 unspecified atom stereocenters. The maximum Gasteiger partial charge on any atom is 0.303 e. The SMILES string of the molecule is CC(=O)OC1COc2ccc(C=O)cc21. The van der Waals surface area contributed by atoms with Crippen molar-refractivity contribution in [3.8, 4) is 5.75 Å². The summed E-state index contributed by atoms with van der Waals surface area (Å²) in [4.78, 5) is 21.4. The average molecular weight is 206 g/mol. The van der Waals surface area contributed by atoms with Crippen molar-refractivity contribution < 1.29 is 19.1 Å². The summed E-state index contributed by atoms with van der Waals surface area (Å²) in [6.45, 7) is 1.67. The Balaban J connectivity index is 2.31. The second kappa shape index (κ2) is 3.73. The molecule has 0 saturated heterocycles. The minimum absolute atomic E-state index is 0.317. The number of hydrogen-bond acceptors (Lipinski definition) is 4. The zero-order valence-corrected chi connectivity index (χ0v) is 8.23. The van der Waals surface area contributed by atoms with Gasteiger partial charge in [0.2, 0.25) is 0 Å².